The van der Waals surface area contributed by atoms with Crippen LogP contribution in [0.15, 0.2) is 18.2 Å². The summed E-state index contributed by atoms with van der Waals surface area (Å²) in [5.41, 5.74) is 0.371. The van der Waals surface area contributed by atoms with Gasteiger partial charge in [-0.3, -0.25) is 14.9 Å². The van der Waals surface area contributed by atoms with Gasteiger partial charge in [0.15, 0.2) is 0 Å². The molecule has 7 heteroatoms. The quantitative estimate of drug-likeness (QED) is 0.616. The number of carbonyl (C=O) groups excluding carboxylic acids is 1. The van der Waals surface area contributed by atoms with Gasteiger partial charge in [0.2, 0.25) is 5.91 Å². The zero-order valence-electron chi connectivity index (χ0n) is 12.0. The van der Waals surface area contributed by atoms with Crippen molar-refractivity contribution in [3.8, 4) is 0 Å². The van der Waals surface area contributed by atoms with E-state index < -0.39 is 4.92 Å². The van der Waals surface area contributed by atoms with Crippen LogP contribution in [-0.2, 0) is 9.53 Å². The number of benzene rings is 1. The molecule has 6 nitrogen and oxygen atoms in total. The lowest BCUT2D eigenvalue weighted by Crippen LogP contribution is -2.38. The second-order valence-corrected chi connectivity index (χ2v) is 6.25. The van der Waals surface area contributed by atoms with Gasteiger partial charge in [-0.15, -0.1) is 0 Å². The van der Waals surface area contributed by atoms with E-state index in [0.717, 1.165) is 12.8 Å². The molecule has 1 unspecified atom stereocenters. The first kappa shape index (κ1) is 15.2. The Morgan fingerprint density at radius 3 is 2.77 bits per heavy atom. The molecule has 0 bridgehead atoms. The predicted molar refractivity (Wildman–Crippen MR) is 82.1 cm³/mol. The summed E-state index contributed by atoms with van der Waals surface area (Å²) >= 11 is 5.86. The predicted octanol–water partition coefficient (Wildman–Crippen LogP) is 3.03. The SMILES string of the molecule is O=C(C1CCOC1)N(CC1CC1)c1ccc(Cl)c([N+](=O)[O-])c1. The summed E-state index contributed by atoms with van der Waals surface area (Å²) in [6.07, 6.45) is 2.90. The van der Waals surface area contributed by atoms with Crippen LogP contribution >= 0.6 is 11.6 Å². The van der Waals surface area contributed by atoms with Crippen molar-refractivity contribution >= 4 is 28.9 Å². The Bertz CT molecular complexity index is 597. The lowest BCUT2D eigenvalue weighted by molar-refractivity contribution is -0.384. The number of hydrogen-bond acceptors (Lipinski definition) is 4. The summed E-state index contributed by atoms with van der Waals surface area (Å²) in [5, 5.41) is 11.1. The van der Waals surface area contributed by atoms with Gasteiger partial charge < -0.3 is 9.64 Å². The van der Waals surface area contributed by atoms with Crippen LogP contribution in [0, 0.1) is 22.0 Å². The maximum Gasteiger partial charge on any atom is 0.289 e. The molecule has 2 aliphatic rings. The number of halogens is 1. The van der Waals surface area contributed by atoms with Crippen molar-refractivity contribution in [2.75, 3.05) is 24.7 Å². The largest absolute Gasteiger partial charge is 0.381 e. The van der Waals surface area contributed by atoms with Crippen molar-refractivity contribution < 1.29 is 14.5 Å². The van der Waals surface area contributed by atoms with Crippen molar-refractivity contribution in [2.45, 2.75) is 19.3 Å². The van der Waals surface area contributed by atoms with Crippen molar-refractivity contribution in [1.29, 1.82) is 0 Å². The van der Waals surface area contributed by atoms with Crippen LogP contribution in [0.4, 0.5) is 11.4 Å². The van der Waals surface area contributed by atoms with Gasteiger partial charge in [-0.05, 0) is 37.3 Å². The third-order valence-corrected chi connectivity index (χ3v) is 4.44. The lowest BCUT2D eigenvalue weighted by Gasteiger charge is -2.25. The first-order valence-electron chi connectivity index (χ1n) is 7.39. The third kappa shape index (κ3) is 3.23. The molecular weight excluding hydrogens is 308 g/mol. The van der Waals surface area contributed by atoms with E-state index >= 15 is 0 Å². The van der Waals surface area contributed by atoms with Gasteiger partial charge in [0.25, 0.3) is 5.69 Å². The molecule has 1 aliphatic carbocycles. The summed E-state index contributed by atoms with van der Waals surface area (Å²) in [4.78, 5) is 24.9. The van der Waals surface area contributed by atoms with Crippen molar-refractivity contribution in [3.63, 3.8) is 0 Å². The highest BCUT2D eigenvalue weighted by molar-refractivity contribution is 6.32. The van der Waals surface area contributed by atoms with Crippen LogP contribution in [-0.4, -0.2) is 30.6 Å². The number of carbonyl (C=O) groups is 1. The van der Waals surface area contributed by atoms with Crippen LogP contribution in [0.5, 0.6) is 0 Å². The van der Waals surface area contributed by atoms with E-state index in [9.17, 15) is 14.9 Å². The van der Waals surface area contributed by atoms with E-state index in [1.54, 1.807) is 11.0 Å². The molecule has 1 atom stereocenters. The Morgan fingerprint density at radius 1 is 1.41 bits per heavy atom. The van der Waals surface area contributed by atoms with E-state index in [-0.39, 0.29) is 22.5 Å². The molecule has 0 radical (unpaired) electrons. The fourth-order valence-corrected chi connectivity index (χ4v) is 2.83. The number of rotatable bonds is 5. The number of nitro benzene ring substituents is 1. The summed E-state index contributed by atoms with van der Waals surface area (Å²) in [6.45, 7) is 1.62. The van der Waals surface area contributed by atoms with E-state index in [4.69, 9.17) is 16.3 Å². The topological polar surface area (TPSA) is 72.7 Å². The van der Waals surface area contributed by atoms with Gasteiger partial charge in [0, 0.05) is 19.2 Å². The van der Waals surface area contributed by atoms with E-state index in [1.807, 2.05) is 0 Å². The molecule has 1 aromatic carbocycles. The number of nitrogens with zero attached hydrogens (tertiary/aromatic N) is 2. The molecule has 0 spiro atoms. The second-order valence-electron chi connectivity index (χ2n) is 5.85. The van der Waals surface area contributed by atoms with Crippen molar-refractivity contribution in [1.82, 2.24) is 0 Å². The molecular formula is C15H17ClN2O4. The van der Waals surface area contributed by atoms with Crippen molar-refractivity contribution in [2.24, 2.45) is 11.8 Å². The maximum atomic E-state index is 12.7. The first-order valence-corrected chi connectivity index (χ1v) is 7.77. The Balaban J connectivity index is 1.89. The average molecular weight is 325 g/mol. The minimum atomic E-state index is -0.524. The van der Waals surface area contributed by atoms with Gasteiger partial charge in [0.1, 0.15) is 5.02 Å². The number of amides is 1. The molecule has 3 rings (SSSR count). The van der Waals surface area contributed by atoms with Crippen molar-refractivity contribution in [3.05, 3.63) is 33.3 Å². The van der Waals surface area contributed by atoms with Crippen LogP contribution < -0.4 is 4.90 Å². The highest BCUT2D eigenvalue weighted by Crippen LogP contribution is 2.35. The van der Waals surface area contributed by atoms with Gasteiger partial charge >= 0.3 is 0 Å². The second kappa shape index (κ2) is 6.22. The Labute approximate surface area is 133 Å². The molecule has 1 amide bonds. The van der Waals surface area contributed by atoms with E-state index in [1.165, 1.54) is 12.1 Å². The summed E-state index contributed by atoms with van der Waals surface area (Å²) < 4.78 is 5.29. The Morgan fingerprint density at radius 2 is 2.18 bits per heavy atom. The molecule has 1 heterocycles. The van der Waals surface area contributed by atoms with Crippen LogP contribution in [0.3, 0.4) is 0 Å². The molecule has 1 saturated carbocycles. The summed E-state index contributed by atoms with van der Waals surface area (Å²) in [7, 11) is 0. The highest BCUT2D eigenvalue weighted by Gasteiger charge is 2.33. The van der Waals surface area contributed by atoms with Gasteiger partial charge in [-0.2, -0.15) is 0 Å². The number of nitro groups is 1. The maximum absolute atomic E-state index is 12.7. The fraction of sp³-hybridized carbons (Fsp3) is 0.533. The minimum Gasteiger partial charge on any atom is -0.381 e. The standard InChI is InChI=1S/C15H17ClN2O4/c16-13-4-3-12(7-14(13)18(20)21)17(8-10-1-2-10)15(19)11-5-6-22-9-11/h3-4,7,10-11H,1-2,5-6,8-9H2. The Hall–Kier alpha value is -1.66. The number of anilines is 1. The van der Waals surface area contributed by atoms with Crippen LogP contribution in [0.25, 0.3) is 0 Å². The van der Waals surface area contributed by atoms with Gasteiger partial charge in [-0.1, -0.05) is 11.6 Å². The molecule has 1 aromatic rings. The van der Waals surface area contributed by atoms with E-state index in [2.05, 4.69) is 0 Å². The molecule has 2 fully saturated rings. The van der Waals surface area contributed by atoms with Gasteiger partial charge in [-0.25, -0.2) is 0 Å². The highest BCUT2D eigenvalue weighted by atomic mass is 35.5. The molecule has 1 aliphatic heterocycles. The normalized spacial score (nSPS) is 20.9. The zero-order valence-corrected chi connectivity index (χ0v) is 12.8. The molecule has 0 aromatic heterocycles. The molecule has 118 valence electrons. The summed E-state index contributed by atoms with van der Waals surface area (Å²) in [6, 6.07) is 4.54. The minimum absolute atomic E-state index is 0.0129. The zero-order chi connectivity index (χ0) is 15.7. The average Bonchev–Trinajstić information content (AvgIpc) is 3.14. The lowest BCUT2D eigenvalue weighted by atomic mass is 10.1. The molecule has 1 saturated heterocycles. The smallest absolute Gasteiger partial charge is 0.289 e. The van der Waals surface area contributed by atoms with E-state index in [0.29, 0.717) is 37.8 Å². The number of ether oxygens (including phenoxy) is 1. The Kier molecular flexibility index (Phi) is 4.31. The molecule has 22 heavy (non-hydrogen) atoms. The van der Waals surface area contributed by atoms with Crippen LogP contribution in [0.2, 0.25) is 5.02 Å². The summed E-state index contributed by atoms with van der Waals surface area (Å²) in [5.74, 6) is 0.315. The molecule has 0 N–H and O–H groups in total. The van der Waals surface area contributed by atoms with Gasteiger partial charge in [0.05, 0.1) is 23.1 Å². The third-order valence-electron chi connectivity index (χ3n) is 4.12. The fourth-order valence-electron chi connectivity index (χ4n) is 2.64. The first-order chi connectivity index (χ1) is 10.6. The monoisotopic (exact) mass is 324 g/mol. The number of hydrogen-bond donors (Lipinski definition) is 0. The van der Waals surface area contributed by atoms with Crippen LogP contribution in [0.1, 0.15) is 19.3 Å².